The van der Waals surface area contributed by atoms with Crippen molar-refractivity contribution in [2.75, 3.05) is 105 Å². The zero-order chi connectivity index (χ0) is 25.9. The highest BCUT2D eigenvalue weighted by Gasteiger charge is 2.49. The first-order valence-electron chi connectivity index (χ1n) is 17.5. The number of fused-ring (bicyclic) bond motifs is 6. The Morgan fingerprint density at radius 2 is 0.439 bits per heavy atom. The highest BCUT2D eigenvalue weighted by atomic mass is 79.9. The Bertz CT molecular complexity index is 562. The van der Waals surface area contributed by atoms with Crippen LogP contribution in [0.2, 0.25) is 0 Å². The lowest BCUT2D eigenvalue weighted by atomic mass is 10.0. The van der Waals surface area contributed by atoms with E-state index in [-0.39, 0.29) is 67.9 Å². The summed E-state index contributed by atoms with van der Waals surface area (Å²) in [5, 5.41) is 0. The molecule has 0 atom stereocenters. The summed E-state index contributed by atoms with van der Waals surface area (Å²) in [5.74, 6) is 0. The van der Waals surface area contributed by atoms with Gasteiger partial charge in [0.15, 0.2) is 0 Å². The van der Waals surface area contributed by atoms with Crippen molar-refractivity contribution in [1.29, 1.82) is 0 Å². The van der Waals surface area contributed by atoms with Gasteiger partial charge in [-0.2, -0.15) is 0 Å². The summed E-state index contributed by atoms with van der Waals surface area (Å²) in [7, 11) is 0. The standard InChI is InChI=1S/C33H68N4.4BrH/c1-3-5-7-9-11-14-18-34-22-28-36(29-23-34,30-24-34)20-16-13-17-21-37-31-25-35(26-32-37,27-33-37)19-15-12-10-8-6-4-2;;;;/h3-33H2,1-2H3;4*1H/q+4;;;;/p-4. The van der Waals surface area contributed by atoms with Gasteiger partial charge in [0.2, 0.25) is 0 Å². The first-order valence-corrected chi connectivity index (χ1v) is 17.5. The largest absolute Gasteiger partial charge is 1.00 e. The monoisotopic (exact) mass is 836 g/mol. The van der Waals surface area contributed by atoms with Crippen LogP contribution < -0.4 is 67.9 Å². The van der Waals surface area contributed by atoms with Crippen LogP contribution in [0.5, 0.6) is 0 Å². The molecule has 0 spiro atoms. The average Bonchev–Trinajstić information content (AvgIpc) is 2.95. The fourth-order valence-corrected chi connectivity index (χ4v) is 8.76. The minimum absolute atomic E-state index is 0. The number of piperazine rings is 6. The van der Waals surface area contributed by atoms with Crippen molar-refractivity contribution < 1.29 is 85.9 Å². The summed E-state index contributed by atoms with van der Waals surface area (Å²) in [6, 6.07) is 0. The van der Waals surface area contributed by atoms with Crippen molar-refractivity contribution in [3.8, 4) is 0 Å². The van der Waals surface area contributed by atoms with Crippen molar-refractivity contribution in [3.63, 3.8) is 0 Å². The van der Waals surface area contributed by atoms with Crippen LogP contribution in [-0.2, 0) is 0 Å². The summed E-state index contributed by atoms with van der Waals surface area (Å²) >= 11 is 0. The molecule has 6 aliphatic heterocycles. The van der Waals surface area contributed by atoms with E-state index in [0.717, 1.165) is 0 Å². The molecule has 0 aromatic carbocycles. The maximum atomic E-state index is 2.33. The SMILES string of the molecule is CCCCCCCC[N+]12CC[N+](CCCCC[N+]34CC[N+](CCCCCCCC)(CC3)CC4)(CC1)CC2.[Br-].[Br-].[Br-].[Br-]. The quantitative estimate of drug-likeness (QED) is 0.0849. The molecule has 0 amide bonds. The van der Waals surface area contributed by atoms with Gasteiger partial charge in [-0.05, 0) is 44.9 Å². The van der Waals surface area contributed by atoms with Gasteiger partial charge in [-0.1, -0.05) is 65.2 Å². The van der Waals surface area contributed by atoms with Crippen LogP contribution >= 0.6 is 0 Å². The van der Waals surface area contributed by atoms with Gasteiger partial charge < -0.3 is 85.9 Å². The van der Waals surface area contributed by atoms with E-state index in [9.17, 15) is 0 Å². The summed E-state index contributed by atoms with van der Waals surface area (Å²) in [6.45, 7) is 28.6. The predicted octanol–water partition coefficient (Wildman–Crippen LogP) is -5.78. The molecule has 0 aromatic heterocycles. The van der Waals surface area contributed by atoms with Crippen LogP contribution in [0.3, 0.4) is 0 Å². The van der Waals surface area contributed by atoms with Crippen molar-refractivity contribution in [3.05, 3.63) is 0 Å². The second-order valence-corrected chi connectivity index (χ2v) is 14.5. The lowest BCUT2D eigenvalue weighted by molar-refractivity contribution is -1.08. The molecule has 0 unspecified atom stereocenters. The molecule has 0 radical (unpaired) electrons. The Kier molecular flexibility index (Phi) is 22.5. The van der Waals surface area contributed by atoms with E-state index in [1.807, 2.05) is 0 Å². The van der Waals surface area contributed by atoms with Gasteiger partial charge in [0, 0.05) is 0 Å². The number of hydrogen-bond acceptors (Lipinski definition) is 0. The average molecular weight is 841 g/mol. The van der Waals surface area contributed by atoms with Gasteiger partial charge >= 0.3 is 0 Å². The molecule has 0 N–H and O–H groups in total. The second kappa shape index (κ2) is 21.5. The fraction of sp³-hybridized carbons (Fsp3) is 1.00. The Hall–Kier alpha value is 1.76. The molecule has 248 valence electrons. The number of rotatable bonds is 20. The van der Waals surface area contributed by atoms with Gasteiger partial charge in [0.25, 0.3) is 0 Å². The third-order valence-corrected chi connectivity index (χ3v) is 12.0. The van der Waals surface area contributed by atoms with Crippen molar-refractivity contribution in [2.24, 2.45) is 0 Å². The van der Waals surface area contributed by atoms with Gasteiger partial charge in [-0.15, -0.1) is 0 Å². The maximum absolute atomic E-state index is 2.33. The fourth-order valence-electron chi connectivity index (χ4n) is 8.76. The molecule has 41 heavy (non-hydrogen) atoms. The van der Waals surface area contributed by atoms with Gasteiger partial charge in [-0.3, -0.25) is 0 Å². The van der Waals surface area contributed by atoms with E-state index in [4.69, 9.17) is 0 Å². The van der Waals surface area contributed by atoms with E-state index >= 15 is 0 Å². The lowest BCUT2D eigenvalue weighted by Crippen LogP contribution is -3.00. The highest BCUT2D eigenvalue weighted by molar-refractivity contribution is 4.65. The third-order valence-electron chi connectivity index (χ3n) is 12.0. The molecule has 6 fully saturated rings. The minimum Gasteiger partial charge on any atom is -1.00 e. The van der Waals surface area contributed by atoms with Crippen LogP contribution in [0.15, 0.2) is 0 Å². The van der Waals surface area contributed by atoms with Crippen LogP contribution in [-0.4, -0.2) is 123 Å². The van der Waals surface area contributed by atoms with Gasteiger partial charge in [-0.25, -0.2) is 0 Å². The topological polar surface area (TPSA) is 0 Å². The van der Waals surface area contributed by atoms with E-state index < -0.39 is 0 Å². The Morgan fingerprint density at radius 1 is 0.268 bits per heavy atom. The summed E-state index contributed by atoms with van der Waals surface area (Å²) in [5.41, 5.74) is 0. The number of unbranched alkanes of at least 4 members (excludes halogenated alkanes) is 12. The summed E-state index contributed by atoms with van der Waals surface area (Å²) in [4.78, 5) is 0. The molecule has 0 aromatic rings. The molecule has 6 rings (SSSR count). The lowest BCUT2D eigenvalue weighted by Gasteiger charge is -2.56. The van der Waals surface area contributed by atoms with Gasteiger partial charge in [0.05, 0.1) is 26.2 Å². The van der Waals surface area contributed by atoms with E-state index in [1.54, 1.807) is 0 Å². The molecule has 6 aliphatic rings. The smallest absolute Gasteiger partial charge is 0.129 e. The zero-order valence-electron chi connectivity index (χ0n) is 27.2. The maximum Gasteiger partial charge on any atom is 0.129 e. The molecule has 4 nitrogen and oxygen atoms in total. The van der Waals surface area contributed by atoms with Crippen molar-refractivity contribution in [1.82, 2.24) is 0 Å². The number of hydrogen-bond donors (Lipinski definition) is 0. The first-order chi connectivity index (χ1) is 18.1. The van der Waals surface area contributed by atoms with Crippen LogP contribution in [0.1, 0.15) is 110 Å². The molecule has 6 saturated heterocycles. The Balaban J connectivity index is 0.00000400. The number of nitrogens with zero attached hydrogens (tertiary/aromatic N) is 4. The zero-order valence-corrected chi connectivity index (χ0v) is 33.6. The molecule has 8 heteroatoms. The molecular formula is C33H68Br4N4. The van der Waals surface area contributed by atoms with Gasteiger partial charge in [0.1, 0.15) is 78.5 Å². The van der Waals surface area contributed by atoms with E-state index in [1.165, 1.54) is 219 Å². The van der Waals surface area contributed by atoms with Crippen LogP contribution in [0, 0.1) is 0 Å². The number of quaternary nitrogens is 4. The Morgan fingerprint density at radius 3 is 0.659 bits per heavy atom. The Labute approximate surface area is 298 Å². The molecular weight excluding hydrogens is 772 g/mol. The van der Waals surface area contributed by atoms with Crippen LogP contribution in [0.4, 0.5) is 0 Å². The predicted molar refractivity (Wildman–Crippen MR) is 160 cm³/mol. The van der Waals surface area contributed by atoms with Crippen molar-refractivity contribution >= 4 is 0 Å². The highest BCUT2D eigenvalue weighted by Crippen LogP contribution is 2.30. The second-order valence-electron chi connectivity index (χ2n) is 14.5. The van der Waals surface area contributed by atoms with E-state index in [0.29, 0.717) is 0 Å². The summed E-state index contributed by atoms with van der Waals surface area (Å²) in [6.07, 6.45) is 22.0. The minimum atomic E-state index is 0. The molecule has 4 bridgehead atoms. The summed E-state index contributed by atoms with van der Waals surface area (Å²) < 4.78 is 5.98. The third kappa shape index (κ3) is 12.8. The van der Waals surface area contributed by atoms with Crippen LogP contribution in [0.25, 0.3) is 0 Å². The van der Waals surface area contributed by atoms with Crippen molar-refractivity contribution in [2.45, 2.75) is 110 Å². The molecule has 0 aliphatic carbocycles. The molecule has 0 saturated carbocycles. The first kappa shape index (κ1) is 42.8. The molecule has 6 heterocycles. The number of halogens is 4. The van der Waals surface area contributed by atoms with E-state index in [2.05, 4.69) is 13.8 Å². The normalized spacial score (nSPS) is 31.5.